The fourth-order valence-electron chi connectivity index (χ4n) is 4.54. The molecule has 4 heteroatoms. The number of carbonyl (C=O) groups is 1. The Morgan fingerprint density at radius 3 is 2.80 bits per heavy atom. The topological polar surface area (TPSA) is 36.4 Å². The number of aromatic nitrogens is 1. The summed E-state index contributed by atoms with van der Waals surface area (Å²) in [5, 5.41) is 1.22. The number of carbonyl (C=O) groups excluding carboxylic acids is 1. The molecule has 0 unspecified atom stereocenters. The number of fused-ring (bicyclic) bond motifs is 5. The molecule has 0 spiro atoms. The average Bonchev–Trinajstić information content (AvgIpc) is 3.45. The van der Waals surface area contributed by atoms with E-state index in [0.717, 1.165) is 49.7 Å². The zero-order valence-electron chi connectivity index (χ0n) is 14.8. The van der Waals surface area contributed by atoms with Gasteiger partial charge in [0.2, 0.25) is 5.91 Å². The lowest BCUT2D eigenvalue weighted by atomic mass is 9.94. The molecular formula is C21H25N3O. The average molecular weight is 335 g/mol. The Labute approximate surface area is 148 Å². The van der Waals surface area contributed by atoms with Gasteiger partial charge in [-0.15, -0.1) is 0 Å². The first-order chi connectivity index (χ1) is 12.2. The molecule has 1 aromatic heterocycles. The highest BCUT2D eigenvalue weighted by atomic mass is 16.2. The Hall–Kier alpha value is -2.10. The van der Waals surface area contributed by atoms with Crippen molar-refractivity contribution >= 4 is 22.6 Å². The van der Waals surface area contributed by atoms with E-state index in [-0.39, 0.29) is 5.92 Å². The molecule has 4 nitrogen and oxygen atoms in total. The van der Waals surface area contributed by atoms with E-state index in [9.17, 15) is 4.79 Å². The number of piperidine rings is 1. The fourth-order valence-corrected chi connectivity index (χ4v) is 4.54. The smallest absolute Gasteiger partial charge is 0.227 e. The summed E-state index contributed by atoms with van der Waals surface area (Å²) in [7, 11) is 0. The number of hydrogen-bond acceptors (Lipinski definition) is 3. The van der Waals surface area contributed by atoms with Crippen LogP contribution in [-0.4, -0.2) is 41.5 Å². The summed E-state index contributed by atoms with van der Waals surface area (Å²) >= 11 is 0. The number of nitrogens with zero attached hydrogens (tertiary/aromatic N) is 3. The van der Waals surface area contributed by atoms with E-state index in [0.29, 0.717) is 11.9 Å². The van der Waals surface area contributed by atoms with Crippen LogP contribution in [0.1, 0.15) is 31.2 Å². The van der Waals surface area contributed by atoms with E-state index in [1.807, 2.05) is 6.07 Å². The van der Waals surface area contributed by atoms with Crippen molar-refractivity contribution in [2.24, 2.45) is 11.8 Å². The number of benzene rings is 1. The number of anilines is 1. The Balaban J connectivity index is 1.48. The largest absolute Gasteiger partial charge is 0.354 e. The second kappa shape index (κ2) is 5.72. The van der Waals surface area contributed by atoms with Crippen LogP contribution in [0.25, 0.3) is 10.9 Å². The van der Waals surface area contributed by atoms with Gasteiger partial charge >= 0.3 is 0 Å². The molecule has 25 heavy (non-hydrogen) atoms. The second-order valence-corrected chi connectivity index (χ2v) is 8.08. The third kappa shape index (κ3) is 2.68. The lowest BCUT2D eigenvalue weighted by molar-refractivity contribution is -0.140. The predicted octanol–water partition coefficient (Wildman–Crippen LogP) is 3.38. The molecule has 130 valence electrons. The zero-order chi connectivity index (χ0) is 17.0. The van der Waals surface area contributed by atoms with Gasteiger partial charge in [0.05, 0.1) is 11.4 Å². The maximum absolute atomic E-state index is 12.9. The van der Waals surface area contributed by atoms with Gasteiger partial charge in [0.25, 0.3) is 0 Å². The van der Waals surface area contributed by atoms with Gasteiger partial charge in [-0.1, -0.05) is 18.2 Å². The van der Waals surface area contributed by atoms with Crippen LogP contribution in [0.5, 0.6) is 0 Å². The van der Waals surface area contributed by atoms with Crippen molar-refractivity contribution in [2.75, 3.05) is 24.5 Å². The third-order valence-electron chi connectivity index (χ3n) is 6.18. The molecule has 2 aromatic rings. The second-order valence-electron chi connectivity index (χ2n) is 8.08. The van der Waals surface area contributed by atoms with Gasteiger partial charge in [0, 0.05) is 31.1 Å². The van der Waals surface area contributed by atoms with Crippen molar-refractivity contribution in [1.82, 2.24) is 9.88 Å². The highest BCUT2D eigenvalue weighted by Gasteiger charge is 2.42. The van der Waals surface area contributed by atoms with E-state index < -0.39 is 0 Å². The van der Waals surface area contributed by atoms with E-state index in [2.05, 4.69) is 41.0 Å². The first-order valence-corrected chi connectivity index (χ1v) is 9.61. The van der Waals surface area contributed by atoms with E-state index >= 15 is 0 Å². The molecule has 0 radical (unpaired) electrons. The summed E-state index contributed by atoms with van der Waals surface area (Å²) in [4.78, 5) is 22.4. The molecule has 3 aliphatic heterocycles. The van der Waals surface area contributed by atoms with Gasteiger partial charge in [0.1, 0.15) is 5.82 Å². The molecule has 3 saturated heterocycles. The SMILES string of the molecule is Cc1cc(N2C[C@@H]3CC[C@H](C2)N(CC2CC2)C3=O)nc2ccccc12. The molecule has 1 aromatic carbocycles. The minimum atomic E-state index is 0.145. The summed E-state index contributed by atoms with van der Waals surface area (Å²) in [6, 6.07) is 10.9. The van der Waals surface area contributed by atoms with Gasteiger partial charge in [0.15, 0.2) is 0 Å². The maximum atomic E-state index is 12.9. The van der Waals surface area contributed by atoms with Crippen molar-refractivity contribution < 1.29 is 4.79 Å². The summed E-state index contributed by atoms with van der Waals surface area (Å²) < 4.78 is 0. The standard InChI is InChI=1S/C21H25N3O/c1-14-10-20(22-19-5-3-2-4-18(14)19)23-12-16-8-9-17(13-23)24(21(16)25)11-15-6-7-15/h2-5,10,15-17H,6-9,11-13H2,1H3/t16-,17+/m0/s1. The quantitative estimate of drug-likeness (QED) is 0.863. The van der Waals surface area contributed by atoms with Crippen LogP contribution < -0.4 is 4.90 Å². The van der Waals surface area contributed by atoms with Crippen molar-refractivity contribution in [3.63, 3.8) is 0 Å². The summed E-state index contributed by atoms with van der Waals surface area (Å²) in [6.07, 6.45) is 4.78. The van der Waals surface area contributed by atoms with Gasteiger partial charge in [-0.25, -0.2) is 4.98 Å². The molecule has 4 aliphatic rings. The number of amides is 1. The molecule has 6 rings (SSSR count). The Bertz CT molecular complexity index is 829. The van der Waals surface area contributed by atoms with Crippen molar-refractivity contribution in [3.05, 3.63) is 35.9 Å². The predicted molar refractivity (Wildman–Crippen MR) is 99.6 cm³/mol. The van der Waals surface area contributed by atoms with E-state index in [1.165, 1.54) is 23.8 Å². The van der Waals surface area contributed by atoms with Gasteiger partial charge in [-0.2, -0.15) is 0 Å². The Kier molecular flexibility index (Phi) is 3.47. The maximum Gasteiger partial charge on any atom is 0.227 e. The van der Waals surface area contributed by atoms with Gasteiger partial charge in [-0.05, 0) is 56.2 Å². The molecule has 1 aliphatic carbocycles. The normalized spacial score (nSPS) is 26.4. The van der Waals surface area contributed by atoms with E-state index in [1.54, 1.807) is 0 Å². The lowest BCUT2D eigenvalue weighted by Crippen LogP contribution is -2.48. The zero-order valence-corrected chi connectivity index (χ0v) is 14.8. The first kappa shape index (κ1) is 15.2. The summed E-state index contributed by atoms with van der Waals surface area (Å²) in [5.74, 6) is 2.33. The monoisotopic (exact) mass is 335 g/mol. The van der Waals surface area contributed by atoms with Crippen LogP contribution >= 0.6 is 0 Å². The van der Waals surface area contributed by atoms with Crippen LogP contribution in [0.3, 0.4) is 0 Å². The number of hydrogen-bond donors (Lipinski definition) is 0. The molecule has 0 N–H and O–H groups in total. The minimum absolute atomic E-state index is 0.145. The van der Waals surface area contributed by atoms with Crippen LogP contribution in [0.15, 0.2) is 30.3 Å². The molecule has 4 heterocycles. The number of rotatable bonds is 3. The number of pyridine rings is 1. The molecule has 2 atom stereocenters. The molecular weight excluding hydrogens is 310 g/mol. The van der Waals surface area contributed by atoms with Crippen LogP contribution in [0.4, 0.5) is 5.82 Å². The Morgan fingerprint density at radius 1 is 1.12 bits per heavy atom. The number of aryl methyl sites for hydroxylation is 1. The van der Waals surface area contributed by atoms with Crippen molar-refractivity contribution in [2.45, 2.75) is 38.6 Å². The highest BCUT2D eigenvalue weighted by molar-refractivity contribution is 5.84. The van der Waals surface area contributed by atoms with Crippen molar-refractivity contribution in [3.8, 4) is 0 Å². The van der Waals surface area contributed by atoms with Crippen LogP contribution in [0.2, 0.25) is 0 Å². The van der Waals surface area contributed by atoms with E-state index in [4.69, 9.17) is 4.98 Å². The van der Waals surface area contributed by atoms with Gasteiger partial charge < -0.3 is 9.80 Å². The minimum Gasteiger partial charge on any atom is -0.354 e. The van der Waals surface area contributed by atoms with Crippen molar-refractivity contribution in [1.29, 1.82) is 0 Å². The molecule has 2 bridgehead atoms. The third-order valence-corrected chi connectivity index (χ3v) is 6.18. The molecule has 1 amide bonds. The fraction of sp³-hybridized carbons (Fsp3) is 0.524. The highest BCUT2D eigenvalue weighted by Crippen LogP contribution is 2.36. The number of para-hydroxylation sites is 1. The van der Waals surface area contributed by atoms with Gasteiger partial charge in [-0.3, -0.25) is 4.79 Å². The molecule has 4 fully saturated rings. The lowest BCUT2D eigenvalue weighted by Gasteiger charge is -2.36. The van der Waals surface area contributed by atoms with Crippen LogP contribution in [0, 0.1) is 18.8 Å². The first-order valence-electron chi connectivity index (χ1n) is 9.61. The summed E-state index contributed by atoms with van der Waals surface area (Å²) in [5.41, 5.74) is 2.31. The van der Waals surface area contributed by atoms with Crippen LogP contribution in [-0.2, 0) is 4.79 Å². The molecule has 1 saturated carbocycles. The summed E-state index contributed by atoms with van der Waals surface area (Å²) in [6.45, 7) is 4.89. The Morgan fingerprint density at radius 2 is 1.96 bits per heavy atom.